The molecule has 0 spiro atoms. The second-order valence-electron chi connectivity index (χ2n) is 12.8. The number of carbonyl (C=O) groups is 2. The molecule has 0 bridgehead atoms. The van der Waals surface area contributed by atoms with Crippen LogP contribution in [0.25, 0.3) is 6.08 Å². The molecule has 0 radical (unpaired) electrons. The number of esters is 1. The van der Waals surface area contributed by atoms with E-state index in [1.165, 1.54) is 0 Å². The van der Waals surface area contributed by atoms with Gasteiger partial charge in [-0.3, -0.25) is 4.90 Å². The third-order valence-corrected chi connectivity index (χ3v) is 7.49. The topological polar surface area (TPSA) is 74.3 Å². The van der Waals surface area contributed by atoms with Gasteiger partial charge in [0.15, 0.2) is 5.79 Å². The van der Waals surface area contributed by atoms with Gasteiger partial charge in [-0.15, -0.1) is 0 Å². The van der Waals surface area contributed by atoms with Crippen molar-refractivity contribution in [3.05, 3.63) is 47.1 Å². The lowest BCUT2D eigenvalue weighted by molar-refractivity contribution is -0.148. The molecule has 2 aliphatic heterocycles. The average Bonchev–Trinajstić information content (AvgIpc) is 3.57. The number of rotatable bonds is 2. The summed E-state index contributed by atoms with van der Waals surface area (Å²) in [5.41, 5.74) is 2.08. The number of hydrogen-bond acceptors (Lipinski definition) is 6. The fourth-order valence-corrected chi connectivity index (χ4v) is 5.23. The molecule has 3 aliphatic rings. The number of fused-ring (bicyclic) bond motifs is 2. The Morgan fingerprint density at radius 1 is 1.05 bits per heavy atom. The summed E-state index contributed by atoms with van der Waals surface area (Å²) in [4.78, 5) is 28.4. The van der Waals surface area contributed by atoms with E-state index in [9.17, 15) is 9.59 Å². The molecular formula is C32H45NO6. The van der Waals surface area contributed by atoms with Crippen LogP contribution < -0.4 is 4.90 Å². The second-order valence-corrected chi connectivity index (χ2v) is 12.8. The van der Waals surface area contributed by atoms with Crippen molar-refractivity contribution < 1.29 is 28.5 Å². The van der Waals surface area contributed by atoms with Crippen molar-refractivity contribution in [2.24, 2.45) is 11.8 Å². The molecule has 1 unspecified atom stereocenters. The SMILES string of the molecule is Cc1cc(N(C(=O)OC(C)(C)C)C2CC2)cc2c1C(=O)O[C@@H](C)[C@H](C)/C=C\C(C)[C@H]1OC(C)(C)O[C@H]1CC=C2. The Morgan fingerprint density at radius 2 is 1.72 bits per heavy atom. The summed E-state index contributed by atoms with van der Waals surface area (Å²) in [5, 5.41) is 0. The van der Waals surface area contributed by atoms with Gasteiger partial charge in [0.1, 0.15) is 11.7 Å². The number of ether oxygens (including phenoxy) is 4. The standard InChI is InChI=1S/C32H45NO6/c1-19-13-14-20(2)28-26(37-32(8,9)38-28)12-10-11-23-18-25(17-21(3)27(23)29(34)36-22(19)4)33(24-15-16-24)30(35)39-31(5,6)7/h10-11,13-14,17-20,22,24,26,28H,12,15-16H2,1-9H3/b11-10?,14-13-/t19-,20?,22+,26+,28-/m1/s1. The molecule has 7 heteroatoms. The van der Waals surface area contributed by atoms with Crippen LogP contribution in [0.2, 0.25) is 0 Å². The van der Waals surface area contributed by atoms with E-state index >= 15 is 0 Å². The third kappa shape index (κ3) is 7.12. The second kappa shape index (κ2) is 11.1. The van der Waals surface area contributed by atoms with Crippen molar-refractivity contribution in [1.82, 2.24) is 0 Å². The quantitative estimate of drug-likeness (QED) is 0.292. The lowest BCUT2D eigenvalue weighted by Gasteiger charge is -2.28. The Labute approximate surface area is 233 Å². The van der Waals surface area contributed by atoms with E-state index in [2.05, 4.69) is 19.1 Å². The molecular weight excluding hydrogens is 494 g/mol. The van der Waals surface area contributed by atoms with E-state index in [0.29, 0.717) is 17.5 Å². The molecule has 1 aliphatic carbocycles. The number of carbonyl (C=O) groups excluding carboxylic acids is 2. The van der Waals surface area contributed by atoms with E-state index in [1.54, 1.807) is 4.90 Å². The summed E-state index contributed by atoms with van der Waals surface area (Å²) in [7, 11) is 0. The van der Waals surface area contributed by atoms with Crippen molar-refractivity contribution in [1.29, 1.82) is 0 Å². The maximum Gasteiger partial charge on any atom is 0.415 e. The van der Waals surface area contributed by atoms with Crippen molar-refractivity contribution in [2.75, 3.05) is 4.90 Å². The third-order valence-electron chi connectivity index (χ3n) is 7.49. The van der Waals surface area contributed by atoms with Crippen LogP contribution in [-0.2, 0) is 18.9 Å². The lowest BCUT2D eigenvalue weighted by atomic mass is 9.93. The van der Waals surface area contributed by atoms with Crippen molar-refractivity contribution in [3.8, 4) is 0 Å². The van der Waals surface area contributed by atoms with Gasteiger partial charge >= 0.3 is 12.1 Å². The molecule has 5 atom stereocenters. The van der Waals surface area contributed by atoms with Gasteiger partial charge in [0.25, 0.3) is 0 Å². The van der Waals surface area contributed by atoms with Crippen LogP contribution in [0.4, 0.5) is 10.5 Å². The maximum atomic E-state index is 13.5. The van der Waals surface area contributed by atoms with Gasteiger partial charge in [-0.1, -0.05) is 38.2 Å². The minimum Gasteiger partial charge on any atom is -0.458 e. The summed E-state index contributed by atoms with van der Waals surface area (Å²) in [6, 6.07) is 3.88. The Kier molecular flexibility index (Phi) is 8.34. The molecule has 4 rings (SSSR count). The van der Waals surface area contributed by atoms with Gasteiger partial charge in [-0.25, -0.2) is 9.59 Å². The maximum absolute atomic E-state index is 13.5. The molecule has 1 amide bonds. The van der Waals surface area contributed by atoms with E-state index in [1.807, 2.05) is 79.7 Å². The molecule has 39 heavy (non-hydrogen) atoms. The minimum atomic E-state index is -0.670. The number of hydrogen-bond donors (Lipinski definition) is 0. The molecule has 7 nitrogen and oxygen atoms in total. The molecule has 1 saturated heterocycles. The molecule has 1 aromatic rings. The molecule has 0 aromatic heterocycles. The number of amides is 1. The van der Waals surface area contributed by atoms with E-state index in [0.717, 1.165) is 24.1 Å². The number of nitrogens with zero attached hydrogens (tertiary/aromatic N) is 1. The highest BCUT2D eigenvalue weighted by atomic mass is 16.8. The van der Waals surface area contributed by atoms with Gasteiger partial charge in [-0.05, 0) is 91.0 Å². The minimum absolute atomic E-state index is 0.0178. The fourth-order valence-electron chi connectivity index (χ4n) is 5.23. The van der Waals surface area contributed by atoms with Gasteiger partial charge in [-0.2, -0.15) is 0 Å². The largest absolute Gasteiger partial charge is 0.458 e. The first kappa shape index (κ1) is 29.3. The van der Waals surface area contributed by atoms with Crippen molar-refractivity contribution in [2.45, 2.75) is 117 Å². The van der Waals surface area contributed by atoms with Crippen LogP contribution in [0.5, 0.6) is 0 Å². The zero-order valence-electron chi connectivity index (χ0n) is 24.9. The summed E-state index contributed by atoms with van der Waals surface area (Å²) < 4.78 is 24.3. The number of aryl methyl sites for hydroxylation is 1. The Morgan fingerprint density at radius 3 is 2.36 bits per heavy atom. The van der Waals surface area contributed by atoms with Crippen LogP contribution >= 0.6 is 0 Å². The molecule has 2 heterocycles. The van der Waals surface area contributed by atoms with Crippen LogP contribution in [0, 0.1) is 18.8 Å². The summed E-state index contributed by atoms with van der Waals surface area (Å²) in [5.74, 6) is -0.896. The van der Waals surface area contributed by atoms with E-state index < -0.39 is 11.4 Å². The van der Waals surface area contributed by atoms with Crippen LogP contribution in [-0.4, -0.2) is 47.8 Å². The summed E-state index contributed by atoms with van der Waals surface area (Å²) >= 11 is 0. The van der Waals surface area contributed by atoms with Gasteiger partial charge in [0.05, 0.1) is 17.8 Å². The first-order valence-electron chi connectivity index (χ1n) is 14.2. The Balaban J connectivity index is 1.75. The molecule has 1 saturated carbocycles. The summed E-state index contributed by atoms with van der Waals surface area (Å²) in [6.45, 7) is 17.5. The van der Waals surface area contributed by atoms with E-state index in [-0.39, 0.29) is 48.3 Å². The molecule has 2 fully saturated rings. The molecule has 1 aromatic carbocycles. The van der Waals surface area contributed by atoms with Gasteiger partial charge in [0.2, 0.25) is 0 Å². The lowest BCUT2D eigenvalue weighted by Crippen LogP contribution is -2.38. The van der Waals surface area contributed by atoms with Crippen LogP contribution in [0.1, 0.15) is 96.1 Å². The fraction of sp³-hybridized carbons (Fsp3) is 0.625. The first-order valence-corrected chi connectivity index (χ1v) is 14.2. The number of benzene rings is 1. The Bertz CT molecular complexity index is 1140. The average molecular weight is 540 g/mol. The highest BCUT2D eigenvalue weighted by molar-refractivity contribution is 5.98. The number of cyclic esters (lactones) is 1. The van der Waals surface area contributed by atoms with Crippen molar-refractivity contribution >= 4 is 23.8 Å². The monoisotopic (exact) mass is 539 g/mol. The Hall–Kier alpha value is -2.64. The number of anilines is 1. The predicted molar refractivity (Wildman–Crippen MR) is 153 cm³/mol. The van der Waals surface area contributed by atoms with Crippen LogP contribution in [0.3, 0.4) is 0 Å². The highest BCUT2D eigenvalue weighted by Crippen LogP contribution is 2.37. The molecule has 0 N–H and O–H groups in total. The molecule has 214 valence electrons. The first-order chi connectivity index (χ1) is 18.1. The smallest absolute Gasteiger partial charge is 0.415 e. The van der Waals surface area contributed by atoms with Crippen LogP contribution in [0.15, 0.2) is 30.4 Å². The van der Waals surface area contributed by atoms with E-state index in [4.69, 9.17) is 18.9 Å². The normalized spacial score (nSPS) is 30.0. The van der Waals surface area contributed by atoms with Crippen molar-refractivity contribution in [3.63, 3.8) is 0 Å². The zero-order valence-corrected chi connectivity index (χ0v) is 24.9. The van der Waals surface area contributed by atoms with Gasteiger partial charge in [0, 0.05) is 23.6 Å². The zero-order chi connectivity index (χ0) is 28.7. The highest BCUT2D eigenvalue weighted by Gasteiger charge is 2.43. The van der Waals surface area contributed by atoms with Gasteiger partial charge < -0.3 is 18.9 Å². The predicted octanol–water partition coefficient (Wildman–Crippen LogP) is 7.21. The summed E-state index contributed by atoms with van der Waals surface area (Å²) in [6.07, 6.45) is 9.75.